The Labute approximate surface area is 237 Å². The number of carbonyl (C=O) groups excluding carboxylic acids is 2. The summed E-state index contributed by atoms with van der Waals surface area (Å²) in [5.74, 6) is -0.807. The van der Waals surface area contributed by atoms with E-state index in [1.165, 1.54) is 22.7 Å². The van der Waals surface area contributed by atoms with E-state index in [4.69, 9.17) is 4.74 Å². The number of benzene rings is 2. The maximum atomic E-state index is 13.0. The minimum atomic E-state index is -0.490. The molecule has 3 heterocycles. The van der Waals surface area contributed by atoms with Crippen LogP contribution in [0, 0.1) is 13.8 Å². The highest BCUT2D eigenvalue weighted by atomic mass is 32.2. The second-order valence-electron chi connectivity index (χ2n) is 8.73. The molecule has 3 aromatic heterocycles. The standard InChI is InChI=1S/C29H25N3O4S3/c1-4-36-28(35)23-20(18-12-10-16(2)11-13-18)14-37-26(23)30-21(33)15-38-29-31-25(34)24-22(17(3)39-27(24)32-29)19-8-6-5-7-9-19/h5-14H,4,15H2,1-3H3,(H,30,33)(H,31,32,34). The van der Waals surface area contributed by atoms with Gasteiger partial charge < -0.3 is 15.0 Å². The van der Waals surface area contributed by atoms with Crippen LogP contribution in [0.5, 0.6) is 0 Å². The van der Waals surface area contributed by atoms with Gasteiger partial charge in [-0.05, 0) is 31.9 Å². The van der Waals surface area contributed by atoms with Crippen molar-refractivity contribution in [1.82, 2.24) is 9.97 Å². The molecule has 0 saturated heterocycles. The van der Waals surface area contributed by atoms with E-state index in [1.807, 2.05) is 73.8 Å². The van der Waals surface area contributed by atoms with Crippen LogP contribution >= 0.6 is 34.4 Å². The van der Waals surface area contributed by atoms with E-state index in [0.29, 0.717) is 31.5 Å². The van der Waals surface area contributed by atoms with Gasteiger partial charge in [-0.2, -0.15) is 0 Å². The molecule has 0 fully saturated rings. The number of aryl methyl sites for hydroxylation is 2. The number of fused-ring (bicyclic) bond motifs is 1. The molecule has 0 radical (unpaired) electrons. The van der Waals surface area contributed by atoms with Crippen LogP contribution in [0.3, 0.4) is 0 Å². The lowest BCUT2D eigenvalue weighted by atomic mass is 10.0. The fourth-order valence-electron chi connectivity index (χ4n) is 4.22. The van der Waals surface area contributed by atoms with Crippen molar-refractivity contribution in [3.05, 3.63) is 86.3 Å². The number of nitrogens with zero attached hydrogens (tertiary/aromatic N) is 1. The summed E-state index contributed by atoms with van der Waals surface area (Å²) in [5.41, 5.74) is 4.62. The Morgan fingerprint density at radius 3 is 2.51 bits per heavy atom. The molecule has 10 heteroatoms. The Bertz CT molecular complexity index is 1720. The van der Waals surface area contributed by atoms with Gasteiger partial charge in [0.2, 0.25) is 5.91 Å². The topological polar surface area (TPSA) is 101 Å². The number of ether oxygens (including phenoxy) is 1. The zero-order valence-electron chi connectivity index (χ0n) is 21.5. The van der Waals surface area contributed by atoms with E-state index in [-0.39, 0.29) is 23.8 Å². The minimum Gasteiger partial charge on any atom is -0.462 e. The zero-order valence-corrected chi connectivity index (χ0v) is 23.9. The Morgan fingerprint density at radius 1 is 1.05 bits per heavy atom. The smallest absolute Gasteiger partial charge is 0.341 e. The first-order valence-electron chi connectivity index (χ1n) is 12.2. The molecule has 0 spiro atoms. The second kappa shape index (κ2) is 11.6. The zero-order chi connectivity index (χ0) is 27.5. The van der Waals surface area contributed by atoms with Gasteiger partial charge in [-0.25, -0.2) is 9.78 Å². The number of amides is 1. The van der Waals surface area contributed by atoms with E-state index < -0.39 is 5.97 Å². The van der Waals surface area contributed by atoms with Crippen LogP contribution in [0.2, 0.25) is 0 Å². The van der Waals surface area contributed by atoms with E-state index in [9.17, 15) is 14.4 Å². The molecule has 0 aliphatic carbocycles. The number of aromatic nitrogens is 2. The highest BCUT2D eigenvalue weighted by Crippen LogP contribution is 2.37. The third-order valence-corrected chi connectivity index (χ3v) is 8.77. The monoisotopic (exact) mass is 575 g/mol. The maximum absolute atomic E-state index is 13.0. The maximum Gasteiger partial charge on any atom is 0.341 e. The van der Waals surface area contributed by atoms with Crippen molar-refractivity contribution < 1.29 is 14.3 Å². The summed E-state index contributed by atoms with van der Waals surface area (Å²) in [7, 11) is 0. The van der Waals surface area contributed by atoms with E-state index >= 15 is 0 Å². The highest BCUT2D eigenvalue weighted by Gasteiger charge is 2.23. The number of carbonyl (C=O) groups is 2. The summed E-state index contributed by atoms with van der Waals surface area (Å²) in [5, 5.41) is 6.03. The predicted octanol–water partition coefficient (Wildman–Crippen LogP) is 6.90. The Balaban J connectivity index is 1.35. The third-order valence-electron chi connectivity index (χ3n) is 6.00. The molecular weight excluding hydrogens is 551 g/mol. The molecule has 0 aliphatic rings. The van der Waals surface area contributed by atoms with Gasteiger partial charge in [0.1, 0.15) is 15.4 Å². The molecule has 7 nitrogen and oxygen atoms in total. The minimum absolute atomic E-state index is 0.00434. The van der Waals surface area contributed by atoms with E-state index in [1.54, 1.807) is 6.92 Å². The molecule has 39 heavy (non-hydrogen) atoms. The highest BCUT2D eigenvalue weighted by molar-refractivity contribution is 7.99. The number of H-pyrrole nitrogens is 1. The lowest BCUT2D eigenvalue weighted by Gasteiger charge is -2.09. The van der Waals surface area contributed by atoms with Crippen LogP contribution in [0.25, 0.3) is 32.5 Å². The summed E-state index contributed by atoms with van der Waals surface area (Å²) < 4.78 is 5.28. The van der Waals surface area contributed by atoms with Crippen LogP contribution < -0.4 is 10.9 Å². The van der Waals surface area contributed by atoms with Crippen LogP contribution in [0.1, 0.15) is 27.7 Å². The number of aromatic amines is 1. The first-order chi connectivity index (χ1) is 18.9. The van der Waals surface area contributed by atoms with Crippen LogP contribution in [-0.4, -0.2) is 34.2 Å². The summed E-state index contributed by atoms with van der Waals surface area (Å²) in [6, 6.07) is 17.6. The largest absolute Gasteiger partial charge is 0.462 e. The molecule has 2 aromatic carbocycles. The first-order valence-corrected chi connectivity index (χ1v) is 14.9. The lowest BCUT2D eigenvalue weighted by molar-refractivity contribution is -0.113. The number of esters is 1. The number of anilines is 1. The van der Waals surface area contributed by atoms with Gasteiger partial charge in [-0.3, -0.25) is 9.59 Å². The molecule has 2 N–H and O–H groups in total. The molecule has 0 aliphatic heterocycles. The van der Waals surface area contributed by atoms with Crippen molar-refractivity contribution in [2.75, 3.05) is 17.7 Å². The van der Waals surface area contributed by atoms with Gasteiger partial charge in [0.25, 0.3) is 5.56 Å². The van der Waals surface area contributed by atoms with Crippen molar-refractivity contribution >= 4 is 61.5 Å². The molecule has 0 atom stereocenters. The van der Waals surface area contributed by atoms with Gasteiger partial charge >= 0.3 is 5.97 Å². The summed E-state index contributed by atoms with van der Waals surface area (Å²) in [6.07, 6.45) is 0. The average molecular weight is 576 g/mol. The molecule has 0 saturated carbocycles. The van der Waals surface area contributed by atoms with Gasteiger partial charge in [0.15, 0.2) is 5.16 Å². The molecule has 0 unspecified atom stereocenters. The van der Waals surface area contributed by atoms with Crippen molar-refractivity contribution in [2.24, 2.45) is 0 Å². The number of rotatable bonds is 8. The number of hydrogen-bond acceptors (Lipinski definition) is 8. The van der Waals surface area contributed by atoms with Gasteiger partial charge in [-0.15, -0.1) is 22.7 Å². The molecular formula is C29H25N3O4S3. The predicted molar refractivity (Wildman–Crippen MR) is 160 cm³/mol. The Hall–Kier alpha value is -3.73. The van der Waals surface area contributed by atoms with Crippen LogP contribution in [0.15, 0.2) is 69.9 Å². The van der Waals surface area contributed by atoms with Crippen LogP contribution in [0.4, 0.5) is 5.00 Å². The summed E-state index contributed by atoms with van der Waals surface area (Å²) in [4.78, 5) is 47.8. The Kier molecular flexibility index (Phi) is 7.97. The van der Waals surface area contributed by atoms with Gasteiger partial charge in [0.05, 0.1) is 17.7 Å². The SMILES string of the molecule is CCOC(=O)c1c(-c2ccc(C)cc2)csc1NC(=O)CSc1nc2sc(C)c(-c3ccccc3)c2c(=O)[nH]1. The van der Waals surface area contributed by atoms with Crippen molar-refractivity contribution in [2.45, 2.75) is 25.9 Å². The quantitative estimate of drug-likeness (QED) is 0.119. The second-order valence-corrected chi connectivity index (χ2v) is 11.8. The number of hydrogen-bond donors (Lipinski definition) is 2. The van der Waals surface area contributed by atoms with E-state index in [2.05, 4.69) is 15.3 Å². The van der Waals surface area contributed by atoms with Crippen molar-refractivity contribution in [3.63, 3.8) is 0 Å². The summed E-state index contributed by atoms with van der Waals surface area (Å²) >= 11 is 3.86. The number of thiophene rings is 2. The van der Waals surface area contributed by atoms with Crippen molar-refractivity contribution in [1.29, 1.82) is 0 Å². The third kappa shape index (κ3) is 5.68. The fraction of sp³-hybridized carbons (Fsp3) is 0.172. The van der Waals surface area contributed by atoms with Crippen molar-refractivity contribution in [3.8, 4) is 22.3 Å². The number of nitrogens with one attached hydrogen (secondary N) is 2. The van der Waals surface area contributed by atoms with Crippen LogP contribution in [-0.2, 0) is 9.53 Å². The lowest BCUT2D eigenvalue weighted by Crippen LogP contribution is -2.17. The average Bonchev–Trinajstić information content (AvgIpc) is 3.49. The molecule has 198 valence electrons. The fourth-order valence-corrected chi connectivity index (χ4v) is 6.96. The van der Waals surface area contributed by atoms with Gasteiger partial charge in [0, 0.05) is 21.4 Å². The van der Waals surface area contributed by atoms with Gasteiger partial charge in [-0.1, -0.05) is 71.9 Å². The Morgan fingerprint density at radius 2 is 1.79 bits per heavy atom. The first kappa shape index (κ1) is 26.9. The molecule has 0 bridgehead atoms. The normalized spacial score (nSPS) is 11.1. The molecule has 1 amide bonds. The molecule has 5 rings (SSSR count). The number of thioether (sulfide) groups is 1. The molecule has 5 aromatic rings. The summed E-state index contributed by atoms with van der Waals surface area (Å²) in [6.45, 7) is 5.93. The van der Waals surface area contributed by atoms with E-state index in [0.717, 1.165) is 38.9 Å².